The summed E-state index contributed by atoms with van der Waals surface area (Å²) in [6, 6.07) is 8.89. The molecule has 0 aromatic heterocycles. The van der Waals surface area contributed by atoms with E-state index in [2.05, 4.69) is 44.8 Å². The minimum atomic E-state index is 0.697. The Labute approximate surface area is 152 Å². The number of hydrogen-bond donors (Lipinski definition) is 2. The highest BCUT2D eigenvalue weighted by Gasteiger charge is 2.09. The summed E-state index contributed by atoms with van der Waals surface area (Å²) < 4.78 is 5.34. The molecule has 0 radical (unpaired) electrons. The summed E-state index contributed by atoms with van der Waals surface area (Å²) >= 11 is 0. The highest BCUT2D eigenvalue weighted by atomic mass is 16.5. The van der Waals surface area contributed by atoms with Gasteiger partial charge in [-0.1, -0.05) is 37.1 Å². The molecule has 1 aromatic rings. The molecule has 0 aliphatic carbocycles. The van der Waals surface area contributed by atoms with Crippen molar-refractivity contribution in [1.29, 1.82) is 0 Å². The number of aliphatic imine (C=N–C) groups is 1. The standard InChI is InChI=1S/C20H34N4O/c1-3-25-14-11-22-20(21-2)23-16-18-9-8-10-19(15-18)17-24-12-6-4-5-7-13-24/h8-10,15H,3-7,11-14,16-17H2,1-2H3,(H2,21,22,23). The van der Waals surface area contributed by atoms with E-state index >= 15 is 0 Å². The third kappa shape index (κ3) is 7.88. The first-order chi connectivity index (χ1) is 12.3. The summed E-state index contributed by atoms with van der Waals surface area (Å²) in [6.45, 7) is 8.53. The topological polar surface area (TPSA) is 48.9 Å². The van der Waals surface area contributed by atoms with Gasteiger partial charge in [0, 0.05) is 33.3 Å². The van der Waals surface area contributed by atoms with Gasteiger partial charge in [0.15, 0.2) is 5.96 Å². The van der Waals surface area contributed by atoms with Crippen LogP contribution in [-0.4, -0.2) is 50.8 Å². The molecule has 0 amide bonds. The van der Waals surface area contributed by atoms with E-state index in [-0.39, 0.29) is 0 Å². The molecule has 0 bridgehead atoms. The molecule has 2 N–H and O–H groups in total. The molecule has 25 heavy (non-hydrogen) atoms. The zero-order valence-electron chi connectivity index (χ0n) is 15.9. The molecule has 5 heteroatoms. The Hall–Kier alpha value is -1.59. The lowest BCUT2D eigenvalue weighted by molar-refractivity contribution is 0.152. The molecule has 0 spiro atoms. The molecule has 1 heterocycles. The van der Waals surface area contributed by atoms with Crippen LogP contribution in [0, 0.1) is 0 Å². The smallest absolute Gasteiger partial charge is 0.191 e. The number of nitrogens with one attached hydrogen (secondary N) is 2. The van der Waals surface area contributed by atoms with E-state index in [1.54, 1.807) is 7.05 Å². The lowest BCUT2D eigenvalue weighted by atomic mass is 10.1. The molecule has 2 rings (SSSR count). The van der Waals surface area contributed by atoms with Crippen LogP contribution in [0.4, 0.5) is 0 Å². The van der Waals surface area contributed by atoms with Crippen molar-refractivity contribution in [1.82, 2.24) is 15.5 Å². The Balaban J connectivity index is 1.79. The molecule has 1 aliphatic heterocycles. The van der Waals surface area contributed by atoms with Crippen molar-refractivity contribution < 1.29 is 4.74 Å². The minimum absolute atomic E-state index is 0.697. The first-order valence-corrected chi connectivity index (χ1v) is 9.64. The van der Waals surface area contributed by atoms with Crippen molar-refractivity contribution in [3.63, 3.8) is 0 Å². The predicted molar refractivity (Wildman–Crippen MR) is 105 cm³/mol. The Bertz CT molecular complexity index is 510. The number of ether oxygens (including phenoxy) is 1. The molecule has 1 saturated heterocycles. The molecule has 1 aromatic carbocycles. The highest BCUT2D eigenvalue weighted by Crippen LogP contribution is 2.14. The Kier molecular flexibility index (Phi) is 9.37. The van der Waals surface area contributed by atoms with Gasteiger partial charge in [-0.25, -0.2) is 0 Å². The molecule has 140 valence electrons. The van der Waals surface area contributed by atoms with Gasteiger partial charge in [0.2, 0.25) is 0 Å². The van der Waals surface area contributed by atoms with Gasteiger partial charge in [-0.15, -0.1) is 0 Å². The van der Waals surface area contributed by atoms with E-state index in [9.17, 15) is 0 Å². The summed E-state index contributed by atoms with van der Waals surface area (Å²) in [5, 5.41) is 6.64. The van der Waals surface area contributed by atoms with Crippen molar-refractivity contribution in [3.05, 3.63) is 35.4 Å². The molecule has 0 saturated carbocycles. The zero-order valence-corrected chi connectivity index (χ0v) is 15.9. The lowest BCUT2D eigenvalue weighted by Gasteiger charge is -2.20. The monoisotopic (exact) mass is 346 g/mol. The van der Waals surface area contributed by atoms with Crippen LogP contribution in [0.5, 0.6) is 0 Å². The lowest BCUT2D eigenvalue weighted by Crippen LogP contribution is -2.38. The normalized spacial score (nSPS) is 16.5. The quantitative estimate of drug-likeness (QED) is 0.432. The van der Waals surface area contributed by atoms with Gasteiger partial charge in [-0.05, 0) is 44.0 Å². The van der Waals surface area contributed by atoms with Crippen LogP contribution in [0.15, 0.2) is 29.3 Å². The Morgan fingerprint density at radius 1 is 1.12 bits per heavy atom. The Morgan fingerprint density at radius 2 is 1.88 bits per heavy atom. The van der Waals surface area contributed by atoms with Crippen molar-refractivity contribution >= 4 is 5.96 Å². The van der Waals surface area contributed by atoms with Gasteiger partial charge in [0.05, 0.1) is 6.61 Å². The van der Waals surface area contributed by atoms with E-state index in [4.69, 9.17) is 4.74 Å². The zero-order chi connectivity index (χ0) is 17.7. The van der Waals surface area contributed by atoms with Gasteiger partial charge in [0.1, 0.15) is 0 Å². The number of hydrogen-bond acceptors (Lipinski definition) is 3. The number of rotatable bonds is 8. The number of nitrogens with zero attached hydrogens (tertiary/aromatic N) is 2. The molecular weight excluding hydrogens is 312 g/mol. The first kappa shape index (κ1) is 19.7. The van der Waals surface area contributed by atoms with E-state index in [1.165, 1.54) is 49.9 Å². The minimum Gasteiger partial charge on any atom is -0.380 e. The Morgan fingerprint density at radius 3 is 2.60 bits per heavy atom. The van der Waals surface area contributed by atoms with Crippen LogP contribution < -0.4 is 10.6 Å². The summed E-state index contributed by atoms with van der Waals surface area (Å²) in [5.41, 5.74) is 2.69. The maximum atomic E-state index is 5.34. The summed E-state index contributed by atoms with van der Waals surface area (Å²) in [5.74, 6) is 0.817. The van der Waals surface area contributed by atoms with E-state index in [0.29, 0.717) is 6.61 Å². The predicted octanol–water partition coefficient (Wildman–Crippen LogP) is 2.76. The average molecular weight is 347 g/mol. The second-order valence-electron chi connectivity index (χ2n) is 6.56. The SMILES string of the molecule is CCOCCNC(=NC)NCc1cccc(CN2CCCCCC2)c1. The van der Waals surface area contributed by atoms with Gasteiger partial charge in [0.25, 0.3) is 0 Å². The maximum absolute atomic E-state index is 5.34. The van der Waals surface area contributed by atoms with E-state index < -0.39 is 0 Å². The second kappa shape index (κ2) is 11.9. The van der Waals surface area contributed by atoms with Crippen molar-refractivity contribution in [2.45, 2.75) is 45.7 Å². The van der Waals surface area contributed by atoms with Crippen LogP contribution in [-0.2, 0) is 17.8 Å². The van der Waals surface area contributed by atoms with Gasteiger partial charge < -0.3 is 15.4 Å². The number of guanidine groups is 1. The van der Waals surface area contributed by atoms with Crippen LogP contribution in [0.1, 0.15) is 43.7 Å². The van der Waals surface area contributed by atoms with E-state index in [0.717, 1.165) is 32.2 Å². The molecule has 1 aliphatic rings. The average Bonchev–Trinajstić information content (AvgIpc) is 2.90. The van der Waals surface area contributed by atoms with Crippen molar-refractivity contribution in [3.8, 4) is 0 Å². The summed E-state index contributed by atoms with van der Waals surface area (Å²) in [4.78, 5) is 6.85. The summed E-state index contributed by atoms with van der Waals surface area (Å²) in [7, 11) is 1.80. The largest absolute Gasteiger partial charge is 0.380 e. The second-order valence-corrected chi connectivity index (χ2v) is 6.56. The number of benzene rings is 1. The van der Waals surface area contributed by atoms with Gasteiger partial charge >= 0.3 is 0 Å². The molecule has 0 atom stereocenters. The van der Waals surface area contributed by atoms with Crippen LogP contribution in [0.25, 0.3) is 0 Å². The van der Waals surface area contributed by atoms with Crippen LogP contribution in [0.2, 0.25) is 0 Å². The fourth-order valence-corrected chi connectivity index (χ4v) is 3.18. The molecule has 1 fully saturated rings. The van der Waals surface area contributed by atoms with Gasteiger partial charge in [-0.2, -0.15) is 0 Å². The fraction of sp³-hybridized carbons (Fsp3) is 0.650. The fourth-order valence-electron chi connectivity index (χ4n) is 3.18. The molecule has 0 unspecified atom stereocenters. The summed E-state index contributed by atoms with van der Waals surface area (Å²) in [6.07, 6.45) is 5.45. The van der Waals surface area contributed by atoms with Gasteiger partial charge in [-0.3, -0.25) is 9.89 Å². The first-order valence-electron chi connectivity index (χ1n) is 9.64. The van der Waals surface area contributed by atoms with Crippen LogP contribution in [0.3, 0.4) is 0 Å². The molecular formula is C20H34N4O. The molecule has 5 nitrogen and oxygen atoms in total. The highest BCUT2D eigenvalue weighted by molar-refractivity contribution is 5.79. The van der Waals surface area contributed by atoms with Crippen LogP contribution >= 0.6 is 0 Å². The third-order valence-electron chi connectivity index (χ3n) is 4.52. The van der Waals surface area contributed by atoms with Crippen molar-refractivity contribution in [2.75, 3.05) is 39.9 Å². The third-order valence-corrected chi connectivity index (χ3v) is 4.52. The van der Waals surface area contributed by atoms with Crippen molar-refractivity contribution in [2.24, 2.45) is 4.99 Å². The number of likely N-dealkylation sites (tertiary alicyclic amines) is 1. The van der Waals surface area contributed by atoms with E-state index in [1.807, 2.05) is 6.92 Å². The maximum Gasteiger partial charge on any atom is 0.191 e.